The zero-order valence-corrected chi connectivity index (χ0v) is 9.00. The normalized spacial score (nSPS) is 20.9. The molecule has 2 heteroatoms. The van der Waals surface area contributed by atoms with Gasteiger partial charge in [0.2, 0.25) is 0 Å². The Morgan fingerprint density at radius 3 is 2.86 bits per heavy atom. The number of carbonyl (C=O) groups excluding carboxylic acids is 1. The highest BCUT2D eigenvalue weighted by atomic mass is 16.5. The fourth-order valence-electron chi connectivity index (χ4n) is 1.71. The number of ketones is 1. The van der Waals surface area contributed by atoms with Crippen LogP contribution >= 0.6 is 0 Å². The minimum Gasteiger partial charge on any atom is -0.497 e. The van der Waals surface area contributed by atoms with E-state index in [-0.39, 0.29) is 11.9 Å². The van der Waals surface area contributed by atoms with Crippen LogP contribution in [0.3, 0.4) is 0 Å². The molecule has 1 rings (SSSR count). The third kappa shape index (κ3) is 4.45. The summed E-state index contributed by atoms with van der Waals surface area (Å²) in [5, 5.41) is 0. The molecule has 0 radical (unpaired) electrons. The van der Waals surface area contributed by atoms with E-state index >= 15 is 0 Å². The molecule has 0 aromatic heterocycles. The van der Waals surface area contributed by atoms with Crippen molar-refractivity contribution in [1.82, 2.24) is 0 Å². The first-order valence-corrected chi connectivity index (χ1v) is 5.67. The fourth-order valence-corrected chi connectivity index (χ4v) is 1.71. The van der Waals surface area contributed by atoms with Crippen molar-refractivity contribution < 1.29 is 9.53 Å². The van der Waals surface area contributed by atoms with Crippen LogP contribution in [0.5, 0.6) is 0 Å². The molecule has 1 atom stereocenters. The maximum Gasteiger partial charge on any atom is 0.162 e. The fraction of sp³-hybridized carbons (Fsp3) is 0.750. The summed E-state index contributed by atoms with van der Waals surface area (Å²) in [5.41, 5.74) is 0. The van der Waals surface area contributed by atoms with Gasteiger partial charge in [-0.3, -0.25) is 4.79 Å². The number of allylic oxidation sites excluding steroid dienone is 1. The van der Waals surface area contributed by atoms with Crippen molar-refractivity contribution in [2.75, 3.05) is 0 Å². The van der Waals surface area contributed by atoms with Gasteiger partial charge in [-0.25, -0.2) is 0 Å². The van der Waals surface area contributed by atoms with Crippen LogP contribution in [0.4, 0.5) is 0 Å². The van der Waals surface area contributed by atoms with Crippen molar-refractivity contribution in [3.05, 3.63) is 12.3 Å². The lowest BCUT2D eigenvalue weighted by Crippen LogP contribution is -2.18. The van der Waals surface area contributed by atoms with Crippen LogP contribution in [0.15, 0.2) is 12.3 Å². The van der Waals surface area contributed by atoms with E-state index < -0.39 is 0 Å². The Morgan fingerprint density at radius 1 is 1.36 bits per heavy atom. The summed E-state index contributed by atoms with van der Waals surface area (Å²) < 4.78 is 5.35. The van der Waals surface area contributed by atoms with Gasteiger partial charge in [-0.05, 0) is 12.8 Å². The van der Waals surface area contributed by atoms with Crippen LogP contribution in [0.1, 0.15) is 51.9 Å². The molecule has 0 amide bonds. The highest BCUT2D eigenvalue weighted by Gasteiger charge is 2.15. The monoisotopic (exact) mass is 196 g/mol. The third-order valence-corrected chi connectivity index (χ3v) is 2.58. The van der Waals surface area contributed by atoms with Crippen LogP contribution in [0, 0.1) is 0 Å². The van der Waals surface area contributed by atoms with Crippen LogP contribution in [0.2, 0.25) is 0 Å². The minimum atomic E-state index is 0.147. The summed E-state index contributed by atoms with van der Waals surface area (Å²) >= 11 is 0. The summed E-state index contributed by atoms with van der Waals surface area (Å²) in [6, 6.07) is 0. The van der Waals surface area contributed by atoms with E-state index in [9.17, 15) is 4.79 Å². The van der Waals surface area contributed by atoms with E-state index in [1.807, 2.05) is 0 Å². The van der Waals surface area contributed by atoms with Gasteiger partial charge in [0.05, 0.1) is 6.26 Å². The molecule has 1 aliphatic heterocycles. The largest absolute Gasteiger partial charge is 0.497 e. The molecule has 0 saturated carbocycles. The quantitative estimate of drug-likeness (QED) is 0.610. The molecule has 0 saturated heterocycles. The minimum absolute atomic E-state index is 0.147. The van der Waals surface area contributed by atoms with Crippen molar-refractivity contribution in [2.24, 2.45) is 0 Å². The molecular weight excluding hydrogens is 176 g/mol. The van der Waals surface area contributed by atoms with Gasteiger partial charge in [0.25, 0.3) is 0 Å². The number of rotatable bonds is 6. The second kappa shape index (κ2) is 6.63. The van der Waals surface area contributed by atoms with Crippen molar-refractivity contribution in [3.63, 3.8) is 0 Å². The molecule has 14 heavy (non-hydrogen) atoms. The maximum atomic E-state index is 11.0. The molecule has 0 aromatic rings. The first-order chi connectivity index (χ1) is 6.83. The Balaban J connectivity index is 2.01. The molecule has 2 nitrogen and oxygen atoms in total. The van der Waals surface area contributed by atoms with Gasteiger partial charge < -0.3 is 4.74 Å². The molecule has 0 fully saturated rings. The van der Waals surface area contributed by atoms with Gasteiger partial charge in [-0.15, -0.1) is 0 Å². The molecule has 80 valence electrons. The molecule has 1 aliphatic rings. The number of ether oxygens (including phenoxy) is 1. The van der Waals surface area contributed by atoms with E-state index in [0.29, 0.717) is 6.42 Å². The van der Waals surface area contributed by atoms with Crippen molar-refractivity contribution in [2.45, 2.75) is 58.0 Å². The van der Waals surface area contributed by atoms with Crippen molar-refractivity contribution in [1.29, 1.82) is 0 Å². The van der Waals surface area contributed by atoms with E-state index in [1.54, 1.807) is 6.26 Å². The van der Waals surface area contributed by atoms with E-state index in [4.69, 9.17) is 4.74 Å². The smallest absolute Gasteiger partial charge is 0.162 e. The number of hydrogen-bond donors (Lipinski definition) is 0. The lowest BCUT2D eigenvalue weighted by molar-refractivity contribution is -0.118. The first kappa shape index (κ1) is 11.3. The standard InChI is InChI=1S/C12H20O2/c1-2-3-4-5-6-7-12-10-11(13)8-9-14-12/h8-9,12H,2-7,10H2,1H3. The number of hydrogen-bond acceptors (Lipinski definition) is 2. The van der Waals surface area contributed by atoms with E-state index in [0.717, 1.165) is 6.42 Å². The predicted octanol–water partition coefficient (Wildman–Crippen LogP) is 3.22. The first-order valence-electron chi connectivity index (χ1n) is 5.67. The molecule has 0 aliphatic carbocycles. The van der Waals surface area contributed by atoms with Crippen molar-refractivity contribution >= 4 is 5.78 Å². The molecule has 1 heterocycles. The molecule has 0 N–H and O–H groups in total. The van der Waals surface area contributed by atoms with Gasteiger partial charge in [0.1, 0.15) is 6.10 Å². The van der Waals surface area contributed by atoms with Crippen LogP contribution < -0.4 is 0 Å². The Bertz CT molecular complexity index is 196. The Labute approximate surface area is 86.3 Å². The van der Waals surface area contributed by atoms with Gasteiger partial charge in [0, 0.05) is 12.5 Å². The van der Waals surface area contributed by atoms with Gasteiger partial charge in [-0.2, -0.15) is 0 Å². The van der Waals surface area contributed by atoms with E-state index in [1.165, 1.54) is 38.2 Å². The zero-order chi connectivity index (χ0) is 10.2. The van der Waals surface area contributed by atoms with E-state index in [2.05, 4.69) is 6.92 Å². The lowest BCUT2D eigenvalue weighted by atomic mass is 10.0. The topological polar surface area (TPSA) is 26.3 Å². The lowest BCUT2D eigenvalue weighted by Gasteiger charge is -2.18. The number of carbonyl (C=O) groups is 1. The maximum absolute atomic E-state index is 11.0. The molecule has 0 aromatic carbocycles. The molecule has 1 unspecified atom stereocenters. The van der Waals surface area contributed by atoms with Crippen molar-refractivity contribution in [3.8, 4) is 0 Å². The third-order valence-electron chi connectivity index (χ3n) is 2.58. The van der Waals surface area contributed by atoms with Crippen LogP contribution in [-0.4, -0.2) is 11.9 Å². The summed E-state index contributed by atoms with van der Waals surface area (Å²) in [4.78, 5) is 11.0. The van der Waals surface area contributed by atoms with Crippen LogP contribution in [0.25, 0.3) is 0 Å². The molecular formula is C12H20O2. The summed E-state index contributed by atoms with van der Waals surface area (Å²) in [7, 11) is 0. The highest BCUT2D eigenvalue weighted by molar-refractivity contribution is 5.90. The van der Waals surface area contributed by atoms with Gasteiger partial charge in [-0.1, -0.05) is 32.6 Å². The Hall–Kier alpha value is -0.790. The average Bonchev–Trinajstić information content (AvgIpc) is 2.18. The predicted molar refractivity (Wildman–Crippen MR) is 57.0 cm³/mol. The average molecular weight is 196 g/mol. The van der Waals surface area contributed by atoms with Gasteiger partial charge >= 0.3 is 0 Å². The zero-order valence-electron chi connectivity index (χ0n) is 9.00. The molecule has 0 bridgehead atoms. The highest BCUT2D eigenvalue weighted by Crippen LogP contribution is 2.15. The second-order valence-electron chi connectivity index (χ2n) is 3.93. The summed E-state index contributed by atoms with van der Waals surface area (Å²) in [6.07, 6.45) is 11.2. The van der Waals surface area contributed by atoms with Gasteiger partial charge in [0.15, 0.2) is 5.78 Å². The molecule has 0 spiro atoms. The summed E-state index contributed by atoms with van der Waals surface area (Å²) in [5.74, 6) is 0.204. The Morgan fingerprint density at radius 2 is 2.14 bits per heavy atom. The Kier molecular flexibility index (Phi) is 5.35. The van der Waals surface area contributed by atoms with Crippen LogP contribution in [-0.2, 0) is 9.53 Å². The SMILES string of the molecule is CCCCCCCC1CC(=O)C=CO1. The second-order valence-corrected chi connectivity index (χ2v) is 3.93. The number of unbranched alkanes of at least 4 members (excludes halogenated alkanes) is 4. The summed E-state index contributed by atoms with van der Waals surface area (Å²) in [6.45, 7) is 2.22.